The highest BCUT2D eigenvalue weighted by Crippen LogP contribution is 2.38. The first kappa shape index (κ1) is 55.8. The first-order chi connectivity index (χ1) is 29.9. The van der Waals surface area contributed by atoms with E-state index in [1.54, 1.807) is 37.3 Å². The highest BCUT2D eigenvalue weighted by Gasteiger charge is 2.47. The van der Waals surface area contributed by atoms with Gasteiger partial charge in [0, 0.05) is 25.7 Å². The third-order valence-electron chi connectivity index (χ3n) is 11.5. The smallest absolute Gasteiger partial charge is 0.309 e. The van der Waals surface area contributed by atoms with Crippen molar-refractivity contribution in [2.75, 3.05) is 0 Å². The predicted molar refractivity (Wildman–Crippen MR) is 240 cm³/mol. The Hall–Kier alpha value is -3.32. The highest BCUT2D eigenvalue weighted by molar-refractivity contribution is 5.71. The zero-order valence-corrected chi connectivity index (χ0v) is 37.8. The van der Waals surface area contributed by atoms with Crippen molar-refractivity contribution in [2.45, 2.75) is 191 Å². The van der Waals surface area contributed by atoms with Crippen molar-refractivity contribution < 1.29 is 69.4 Å². The fourth-order valence-corrected chi connectivity index (χ4v) is 7.25. The molecule has 2 aliphatic heterocycles. The fourth-order valence-electron chi connectivity index (χ4n) is 7.25. The summed E-state index contributed by atoms with van der Waals surface area (Å²) in [6, 6.07) is -1.08. The van der Waals surface area contributed by atoms with Crippen LogP contribution in [0.15, 0.2) is 85.1 Å². The maximum Gasteiger partial charge on any atom is 0.309 e. The van der Waals surface area contributed by atoms with E-state index in [2.05, 4.69) is 13.0 Å². The summed E-state index contributed by atoms with van der Waals surface area (Å²) < 4.78 is 23.3. The molecule has 0 aromatic heterocycles. The number of carboxylic acids is 1. The number of aliphatic hydroxyl groups excluding tert-OH is 6. The van der Waals surface area contributed by atoms with Crippen molar-refractivity contribution in [1.82, 2.24) is 0 Å². The summed E-state index contributed by atoms with van der Waals surface area (Å²) in [4.78, 5) is 24.6. The number of hydrogen-bond acceptors (Lipinski definition) is 14. The number of rotatable bonds is 28. The number of carbonyl (C=O) groups excluding carboxylic acids is 1. The van der Waals surface area contributed by atoms with Crippen molar-refractivity contribution in [3.63, 3.8) is 0 Å². The third kappa shape index (κ3) is 21.5. The molecule has 0 amide bonds. The molecule has 15 heteroatoms. The largest absolute Gasteiger partial charge is 0.481 e. The number of esters is 1. The molecule has 6 unspecified atom stereocenters. The molecule has 0 aromatic rings. The number of nitrogens with two attached hydrogens (primary N) is 1. The number of hydrogen-bond donors (Lipinski definition) is 9. The molecule has 0 aliphatic carbocycles. The van der Waals surface area contributed by atoms with E-state index in [4.69, 9.17) is 24.7 Å². The minimum absolute atomic E-state index is 0.0124. The third-order valence-corrected chi connectivity index (χ3v) is 11.5. The number of carbonyl (C=O) groups is 2. The Kier molecular flexibility index (Phi) is 26.6. The predicted octanol–water partition coefficient (Wildman–Crippen LogP) is 4.58. The Morgan fingerprint density at radius 2 is 1.43 bits per heavy atom. The van der Waals surface area contributed by atoms with Crippen LogP contribution in [-0.4, -0.2) is 132 Å². The molecule has 15 atom stereocenters. The second kappa shape index (κ2) is 30.0. The van der Waals surface area contributed by atoms with Gasteiger partial charge >= 0.3 is 11.9 Å². The van der Waals surface area contributed by atoms with Crippen molar-refractivity contribution in [3.05, 3.63) is 85.1 Å². The first-order valence-electron chi connectivity index (χ1n) is 22.5. The number of aliphatic hydroxyl groups is 7. The molecule has 2 aliphatic rings. The zero-order valence-electron chi connectivity index (χ0n) is 37.8. The average Bonchev–Trinajstić information content (AvgIpc) is 3.22. The monoisotopic (exact) mass is 892 g/mol. The van der Waals surface area contributed by atoms with Gasteiger partial charge in [-0.1, -0.05) is 125 Å². The topological polar surface area (TPSA) is 259 Å². The van der Waals surface area contributed by atoms with Gasteiger partial charge in [-0.3, -0.25) is 9.59 Å². The molecular weight excluding hydrogens is 815 g/mol. The molecule has 0 bridgehead atoms. The summed E-state index contributed by atoms with van der Waals surface area (Å²) >= 11 is 0. The van der Waals surface area contributed by atoms with E-state index in [0.29, 0.717) is 19.3 Å². The lowest BCUT2D eigenvalue weighted by Gasteiger charge is -2.43. The van der Waals surface area contributed by atoms with Crippen LogP contribution in [0.2, 0.25) is 0 Å². The standard InChI is InChI=1S/C48H77NO14/c1-6-8-9-10-11-12-13-14-15-16-17-18-19-20-24-37(62-47-45(56)43(49)44(55)34(5)61-47)30-41-38(46(57)58)26-27-48(59,63-41)31-36(51)28-40(53)39(52)25-22-21-23-35(50)29-42(54)60-33(4)32(3)7-2/h8-20,24,32-41,43-45,47,50-53,55-56,59H,6-7,21-23,25-31,49H2,1-5H3,(H,57,58)/b9-8+,11-10+,13-12+,15-14+,17-16+,19-18+,24-20+/t32-,33+,34?,35-,36+,37+,38?,39-,40-,41+,43?,44?,45?,47?,48+/m1/s1. The van der Waals surface area contributed by atoms with Gasteiger partial charge in [0.1, 0.15) is 12.2 Å². The van der Waals surface area contributed by atoms with Crippen LogP contribution in [0.3, 0.4) is 0 Å². The van der Waals surface area contributed by atoms with E-state index in [9.17, 15) is 50.4 Å². The second-order valence-corrected chi connectivity index (χ2v) is 16.9. The van der Waals surface area contributed by atoms with E-state index >= 15 is 0 Å². The summed E-state index contributed by atoms with van der Waals surface area (Å²) in [5.41, 5.74) is 6.04. The van der Waals surface area contributed by atoms with Gasteiger partial charge in [0.2, 0.25) is 0 Å². The van der Waals surface area contributed by atoms with Crippen LogP contribution in [0.1, 0.15) is 112 Å². The number of ether oxygens (including phenoxy) is 4. The Bertz CT molecular complexity index is 1530. The maximum atomic E-state index is 12.4. The molecule has 0 aromatic carbocycles. The molecule has 2 heterocycles. The number of allylic oxidation sites excluding steroid dienone is 13. The number of carboxylic acid groups (broad SMARTS) is 1. The minimum Gasteiger partial charge on any atom is -0.481 e. The Morgan fingerprint density at radius 1 is 0.841 bits per heavy atom. The van der Waals surface area contributed by atoms with Crippen LogP contribution in [0, 0.1) is 11.8 Å². The Morgan fingerprint density at radius 3 is 2.02 bits per heavy atom. The van der Waals surface area contributed by atoms with Gasteiger partial charge in [0.15, 0.2) is 12.1 Å². The van der Waals surface area contributed by atoms with Gasteiger partial charge in [-0.25, -0.2) is 0 Å². The van der Waals surface area contributed by atoms with Gasteiger partial charge in [0.05, 0.1) is 67.2 Å². The molecule has 0 radical (unpaired) electrons. The van der Waals surface area contributed by atoms with Crippen LogP contribution < -0.4 is 5.73 Å². The normalized spacial score (nSPS) is 29.6. The van der Waals surface area contributed by atoms with Crippen molar-refractivity contribution >= 4 is 11.9 Å². The van der Waals surface area contributed by atoms with Gasteiger partial charge in [-0.15, -0.1) is 0 Å². The fraction of sp³-hybridized carbons (Fsp3) is 0.667. The lowest BCUT2D eigenvalue weighted by molar-refractivity contribution is -0.295. The van der Waals surface area contributed by atoms with Crippen LogP contribution in [0.4, 0.5) is 0 Å². The summed E-state index contributed by atoms with van der Waals surface area (Å²) in [6.45, 7) is 9.46. The lowest BCUT2D eigenvalue weighted by Crippen LogP contribution is -2.61. The van der Waals surface area contributed by atoms with Crippen molar-refractivity contribution in [3.8, 4) is 0 Å². The number of unbranched alkanes of at least 4 members (excludes halogenated alkanes) is 1. The summed E-state index contributed by atoms with van der Waals surface area (Å²) in [6.07, 6.45) is 16.2. The summed E-state index contributed by atoms with van der Waals surface area (Å²) in [5, 5.41) is 85.3. The molecule has 15 nitrogen and oxygen atoms in total. The van der Waals surface area contributed by atoms with Crippen LogP contribution >= 0.6 is 0 Å². The minimum atomic E-state index is -1.99. The maximum absolute atomic E-state index is 12.4. The highest BCUT2D eigenvalue weighted by atomic mass is 16.7. The van der Waals surface area contributed by atoms with Gasteiger partial charge in [0.25, 0.3) is 0 Å². The van der Waals surface area contributed by atoms with E-state index in [0.717, 1.165) is 12.8 Å². The molecule has 2 saturated heterocycles. The molecule has 0 saturated carbocycles. The molecule has 0 spiro atoms. The molecule has 63 heavy (non-hydrogen) atoms. The van der Waals surface area contributed by atoms with E-state index < -0.39 is 90.9 Å². The van der Waals surface area contributed by atoms with Crippen LogP contribution in [-0.2, 0) is 28.5 Å². The van der Waals surface area contributed by atoms with Crippen molar-refractivity contribution in [2.24, 2.45) is 17.6 Å². The molecule has 10 N–H and O–H groups in total. The van der Waals surface area contributed by atoms with Crippen molar-refractivity contribution in [1.29, 1.82) is 0 Å². The van der Waals surface area contributed by atoms with Crippen LogP contribution in [0.25, 0.3) is 0 Å². The summed E-state index contributed by atoms with van der Waals surface area (Å²) in [5.74, 6) is -4.51. The average molecular weight is 892 g/mol. The quantitative estimate of drug-likeness (QED) is 0.0296. The van der Waals surface area contributed by atoms with E-state index in [1.165, 1.54) is 0 Å². The summed E-state index contributed by atoms with van der Waals surface area (Å²) in [7, 11) is 0. The molecule has 2 rings (SSSR count). The van der Waals surface area contributed by atoms with Gasteiger partial charge in [-0.2, -0.15) is 0 Å². The molecule has 358 valence electrons. The lowest BCUT2D eigenvalue weighted by atomic mass is 9.85. The first-order valence-corrected chi connectivity index (χ1v) is 22.5. The number of aliphatic carboxylic acids is 1. The Balaban J connectivity index is 2.04. The van der Waals surface area contributed by atoms with Gasteiger partial charge in [-0.05, 0) is 45.4 Å². The van der Waals surface area contributed by atoms with E-state index in [1.807, 2.05) is 69.4 Å². The Labute approximate surface area is 374 Å². The van der Waals surface area contributed by atoms with Gasteiger partial charge < -0.3 is 65.5 Å². The zero-order chi connectivity index (χ0) is 47.0. The SMILES string of the molecule is CC/C=C/C=C/C=C/C=C/C=C/C=C/C=C/[C@@H](C[C@@H]1O[C@](O)(C[C@@H](O)C[C@@H](O)[C@H](O)CCCC[C@@H](O)CC(=O)O[C@@H](C)[C@H](C)CC)CCC1C(=O)O)OC1OC(C)C(O)C(N)C1O. The molecular formula is C48H77NO14. The van der Waals surface area contributed by atoms with Crippen LogP contribution in [0.5, 0.6) is 0 Å². The molecule has 2 fully saturated rings. The second-order valence-electron chi connectivity index (χ2n) is 16.9. The van der Waals surface area contributed by atoms with E-state index in [-0.39, 0.29) is 57.0 Å².